The van der Waals surface area contributed by atoms with Crippen LogP contribution in [0.5, 0.6) is 0 Å². The number of alkyl halides is 3. The van der Waals surface area contributed by atoms with Gasteiger partial charge in [0.15, 0.2) is 5.96 Å². The Kier molecular flexibility index (Phi) is 7.41. The zero-order valence-corrected chi connectivity index (χ0v) is 13.6. The molecule has 1 atom stereocenters. The molecule has 1 fully saturated rings. The maximum Gasteiger partial charge on any atom is 0.401 e. The summed E-state index contributed by atoms with van der Waals surface area (Å²) in [6.45, 7) is 3.59. The molecule has 1 heterocycles. The molecule has 0 aromatic rings. The normalized spacial score (nSPS) is 23.1. The topological polar surface area (TPSA) is 48.9 Å². The molecular formula is C14H27F3N4O. The molecule has 130 valence electrons. The molecule has 0 aromatic heterocycles. The second-order valence-electron chi connectivity index (χ2n) is 5.96. The van der Waals surface area contributed by atoms with Crippen LogP contribution in [0.1, 0.15) is 26.2 Å². The molecule has 0 radical (unpaired) electrons. The largest absolute Gasteiger partial charge is 0.401 e. The van der Waals surface area contributed by atoms with Gasteiger partial charge in [-0.1, -0.05) is 0 Å². The predicted molar refractivity (Wildman–Crippen MR) is 81.1 cm³/mol. The zero-order chi connectivity index (χ0) is 16.6. The second kappa shape index (κ2) is 8.57. The van der Waals surface area contributed by atoms with Crippen molar-refractivity contribution in [2.75, 3.05) is 46.9 Å². The Morgan fingerprint density at radius 1 is 1.36 bits per heavy atom. The number of rotatable bonds is 7. The summed E-state index contributed by atoms with van der Waals surface area (Å²) in [5, 5.41) is 6.30. The summed E-state index contributed by atoms with van der Waals surface area (Å²) in [5.74, 6) is 0.648. The van der Waals surface area contributed by atoms with E-state index in [9.17, 15) is 13.2 Å². The van der Waals surface area contributed by atoms with Gasteiger partial charge in [-0.3, -0.25) is 9.89 Å². The first-order chi connectivity index (χ1) is 10.2. The van der Waals surface area contributed by atoms with E-state index in [1.807, 2.05) is 0 Å². The number of hydrogen-bond acceptors (Lipinski definition) is 3. The molecule has 0 aromatic carbocycles. The van der Waals surface area contributed by atoms with Crippen molar-refractivity contribution < 1.29 is 17.9 Å². The van der Waals surface area contributed by atoms with Crippen molar-refractivity contribution in [1.29, 1.82) is 0 Å². The highest BCUT2D eigenvalue weighted by Crippen LogP contribution is 2.23. The van der Waals surface area contributed by atoms with Crippen molar-refractivity contribution in [2.24, 2.45) is 4.99 Å². The summed E-state index contributed by atoms with van der Waals surface area (Å²) in [7, 11) is 3.14. The fourth-order valence-corrected chi connectivity index (χ4v) is 2.41. The number of ether oxygens (including phenoxy) is 1. The summed E-state index contributed by atoms with van der Waals surface area (Å²) in [6.07, 6.45) is -1.45. The minimum Gasteiger partial charge on any atom is -0.373 e. The van der Waals surface area contributed by atoms with Gasteiger partial charge >= 0.3 is 6.18 Å². The fraction of sp³-hybridized carbons (Fsp3) is 0.929. The van der Waals surface area contributed by atoms with Gasteiger partial charge in [-0.2, -0.15) is 13.2 Å². The molecular weight excluding hydrogens is 297 g/mol. The number of guanidine groups is 1. The smallest absolute Gasteiger partial charge is 0.373 e. The monoisotopic (exact) mass is 324 g/mol. The number of halogens is 3. The lowest BCUT2D eigenvalue weighted by Gasteiger charge is -2.25. The van der Waals surface area contributed by atoms with Crippen LogP contribution < -0.4 is 10.6 Å². The van der Waals surface area contributed by atoms with Gasteiger partial charge in [0, 0.05) is 26.7 Å². The van der Waals surface area contributed by atoms with Crippen molar-refractivity contribution in [1.82, 2.24) is 15.5 Å². The molecule has 0 aliphatic carbocycles. The molecule has 1 saturated heterocycles. The SMILES string of the molecule is CN=C(NCCCN(C)CC(F)(F)F)NCC1(C)CCCO1. The first-order valence-electron chi connectivity index (χ1n) is 7.58. The first kappa shape index (κ1) is 19.0. The van der Waals surface area contributed by atoms with E-state index >= 15 is 0 Å². The highest BCUT2D eigenvalue weighted by Gasteiger charge is 2.30. The zero-order valence-electron chi connectivity index (χ0n) is 13.6. The van der Waals surface area contributed by atoms with Gasteiger partial charge in [-0.25, -0.2) is 0 Å². The maximum absolute atomic E-state index is 12.2. The molecule has 22 heavy (non-hydrogen) atoms. The Bertz CT molecular complexity index is 354. The molecule has 0 bridgehead atoms. The minimum absolute atomic E-state index is 0.162. The van der Waals surface area contributed by atoms with Crippen LogP contribution >= 0.6 is 0 Å². The molecule has 8 heteroatoms. The van der Waals surface area contributed by atoms with Crippen molar-refractivity contribution in [3.05, 3.63) is 0 Å². The van der Waals surface area contributed by atoms with Gasteiger partial charge in [0.05, 0.1) is 12.1 Å². The third kappa shape index (κ3) is 7.84. The van der Waals surface area contributed by atoms with Crippen LogP contribution in [0.4, 0.5) is 13.2 Å². The van der Waals surface area contributed by atoms with E-state index in [0.29, 0.717) is 32.0 Å². The van der Waals surface area contributed by atoms with E-state index in [0.717, 1.165) is 19.4 Å². The van der Waals surface area contributed by atoms with E-state index in [1.54, 1.807) is 7.05 Å². The highest BCUT2D eigenvalue weighted by atomic mass is 19.4. The van der Waals surface area contributed by atoms with Gasteiger partial charge in [-0.15, -0.1) is 0 Å². The fourth-order valence-electron chi connectivity index (χ4n) is 2.41. The molecule has 0 spiro atoms. The Labute approximate surface area is 130 Å². The van der Waals surface area contributed by atoms with Gasteiger partial charge < -0.3 is 15.4 Å². The van der Waals surface area contributed by atoms with Crippen molar-refractivity contribution >= 4 is 5.96 Å². The standard InChI is InChI=1S/C14H27F3N4O/c1-13(6-4-9-22-13)10-20-12(18-2)19-7-5-8-21(3)11-14(15,16)17/h4-11H2,1-3H3,(H2,18,19,20). The van der Waals surface area contributed by atoms with Crippen LogP contribution in [0.25, 0.3) is 0 Å². The molecule has 1 rings (SSSR count). The minimum atomic E-state index is -4.14. The van der Waals surface area contributed by atoms with Crippen molar-refractivity contribution in [2.45, 2.75) is 38.0 Å². The Balaban J connectivity index is 2.16. The van der Waals surface area contributed by atoms with Crippen molar-refractivity contribution in [3.63, 3.8) is 0 Å². The quantitative estimate of drug-likeness (QED) is 0.424. The van der Waals surface area contributed by atoms with Crippen LogP contribution in [-0.4, -0.2) is 69.5 Å². The van der Waals surface area contributed by atoms with Gasteiger partial charge in [0.1, 0.15) is 0 Å². The molecule has 1 aliphatic rings. The predicted octanol–water partition coefficient (Wildman–Crippen LogP) is 1.60. The maximum atomic E-state index is 12.2. The van der Waals surface area contributed by atoms with Crippen LogP contribution in [0.2, 0.25) is 0 Å². The van der Waals surface area contributed by atoms with E-state index < -0.39 is 12.7 Å². The second-order valence-corrected chi connectivity index (χ2v) is 5.96. The number of hydrogen-bond donors (Lipinski definition) is 2. The third-order valence-electron chi connectivity index (χ3n) is 3.61. The third-order valence-corrected chi connectivity index (χ3v) is 3.61. The number of nitrogens with zero attached hydrogens (tertiary/aromatic N) is 2. The summed E-state index contributed by atoms with van der Waals surface area (Å²) in [4.78, 5) is 5.37. The lowest BCUT2D eigenvalue weighted by molar-refractivity contribution is -0.143. The average Bonchev–Trinajstić information content (AvgIpc) is 2.83. The van der Waals surface area contributed by atoms with Crippen LogP contribution in [0.15, 0.2) is 4.99 Å². The molecule has 2 N–H and O–H groups in total. The molecule has 5 nitrogen and oxygen atoms in total. The number of aliphatic imine (C=N–C) groups is 1. The summed E-state index contributed by atoms with van der Waals surface area (Å²) in [6, 6.07) is 0. The van der Waals surface area contributed by atoms with Gasteiger partial charge in [0.25, 0.3) is 0 Å². The summed E-state index contributed by atoms with van der Waals surface area (Å²) < 4.78 is 42.2. The van der Waals surface area contributed by atoms with Gasteiger partial charge in [0.2, 0.25) is 0 Å². The lowest BCUT2D eigenvalue weighted by Crippen LogP contribution is -2.46. The number of nitrogens with one attached hydrogen (secondary N) is 2. The summed E-state index contributed by atoms with van der Waals surface area (Å²) in [5.41, 5.74) is -0.162. The van der Waals surface area contributed by atoms with E-state index in [1.165, 1.54) is 11.9 Å². The molecule has 0 saturated carbocycles. The van der Waals surface area contributed by atoms with E-state index in [-0.39, 0.29) is 5.60 Å². The van der Waals surface area contributed by atoms with Crippen molar-refractivity contribution in [3.8, 4) is 0 Å². The lowest BCUT2D eigenvalue weighted by atomic mass is 10.0. The Hall–Kier alpha value is -1.02. The molecule has 1 aliphatic heterocycles. The van der Waals surface area contributed by atoms with Crippen LogP contribution in [0.3, 0.4) is 0 Å². The van der Waals surface area contributed by atoms with Crippen LogP contribution in [0, 0.1) is 0 Å². The molecule has 0 amide bonds. The molecule has 1 unspecified atom stereocenters. The first-order valence-corrected chi connectivity index (χ1v) is 7.58. The Morgan fingerprint density at radius 3 is 2.64 bits per heavy atom. The van der Waals surface area contributed by atoms with E-state index in [2.05, 4.69) is 22.5 Å². The highest BCUT2D eigenvalue weighted by molar-refractivity contribution is 5.79. The van der Waals surface area contributed by atoms with Crippen LogP contribution in [-0.2, 0) is 4.74 Å². The van der Waals surface area contributed by atoms with Gasteiger partial charge in [-0.05, 0) is 39.8 Å². The van der Waals surface area contributed by atoms with E-state index in [4.69, 9.17) is 4.74 Å². The average molecular weight is 324 g/mol. The summed E-state index contributed by atoms with van der Waals surface area (Å²) >= 11 is 0. The Morgan fingerprint density at radius 2 is 2.09 bits per heavy atom.